The molecule has 1 unspecified atom stereocenters. The highest BCUT2D eigenvalue weighted by Crippen LogP contribution is 2.31. The summed E-state index contributed by atoms with van der Waals surface area (Å²) in [5.41, 5.74) is 5.68. The highest BCUT2D eigenvalue weighted by Gasteiger charge is 2.26. The van der Waals surface area contributed by atoms with E-state index in [-0.39, 0.29) is 0 Å². The molecule has 0 saturated carbocycles. The van der Waals surface area contributed by atoms with Gasteiger partial charge in [-0.25, -0.2) is 0 Å². The summed E-state index contributed by atoms with van der Waals surface area (Å²) in [5.74, 6) is 0.946. The Balaban J connectivity index is 2.99. The Hall–Kier alpha value is -1.70. The molecule has 0 spiro atoms. The molecule has 1 fully saturated rings. The van der Waals surface area contributed by atoms with Gasteiger partial charge in [0.15, 0.2) is 0 Å². The first kappa shape index (κ1) is 21.3. The molecule has 1 aliphatic heterocycles. The summed E-state index contributed by atoms with van der Waals surface area (Å²) < 4.78 is 5.70. The van der Waals surface area contributed by atoms with Crippen LogP contribution in [0.1, 0.15) is 66.2 Å². The number of likely N-dealkylation sites (tertiary alicyclic amines) is 1. The molecule has 1 heterocycles. The lowest BCUT2D eigenvalue weighted by Gasteiger charge is -2.28. The van der Waals surface area contributed by atoms with Crippen LogP contribution in [-0.4, -0.2) is 24.6 Å². The van der Waals surface area contributed by atoms with Gasteiger partial charge < -0.3 is 9.64 Å². The van der Waals surface area contributed by atoms with Crippen molar-refractivity contribution in [2.75, 3.05) is 13.7 Å². The van der Waals surface area contributed by atoms with Crippen LogP contribution in [0.15, 0.2) is 59.6 Å². The lowest BCUT2D eigenvalue weighted by atomic mass is 10.0. The lowest BCUT2D eigenvalue weighted by Crippen LogP contribution is -2.27. The zero-order valence-electron chi connectivity index (χ0n) is 17.1. The molecule has 0 radical (unpaired) electrons. The molecule has 1 atom stereocenters. The summed E-state index contributed by atoms with van der Waals surface area (Å²) in [6, 6.07) is 0.438. The molecule has 0 bridgehead atoms. The minimum absolute atomic E-state index is 0.438. The predicted octanol–water partition coefficient (Wildman–Crippen LogP) is 6.54. The monoisotopic (exact) mass is 343 g/mol. The number of methoxy groups -OCH3 is 1. The van der Waals surface area contributed by atoms with Gasteiger partial charge in [0.05, 0.1) is 7.11 Å². The maximum Gasteiger partial charge on any atom is 0.118 e. The second kappa shape index (κ2) is 10.3. The van der Waals surface area contributed by atoms with Crippen molar-refractivity contribution in [1.29, 1.82) is 0 Å². The summed E-state index contributed by atoms with van der Waals surface area (Å²) in [6.45, 7) is 22.2. The van der Waals surface area contributed by atoms with E-state index in [1.54, 1.807) is 7.11 Å². The van der Waals surface area contributed by atoms with Crippen LogP contribution in [0.3, 0.4) is 0 Å². The van der Waals surface area contributed by atoms with Crippen molar-refractivity contribution in [3.63, 3.8) is 0 Å². The zero-order chi connectivity index (χ0) is 19.0. The Bertz CT molecular complexity index is 565. The minimum atomic E-state index is 0.438. The van der Waals surface area contributed by atoms with Gasteiger partial charge in [0, 0.05) is 23.9 Å². The molecular formula is C23H37NO. The summed E-state index contributed by atoms with van der Waals surface area (Å²) in [4.78, 5) is 2.33. The summed E-state index contributed by atoms with van der Waals surface area (Å²) in [5, 5.41) is 0. The van der Waals surface area contributed by atoms with Crippen LogP contribution >= 0.6 is 0 Å². The van der Waals surface area contributed by atoms with Gasteiger partial charge in [-0.1, -0.05) is 51.5 Å². The Labute approximate surface area is 155 Å². The van der Waals surface area contributed by atoms with Crippen LogP contribution in [0.5, 0.6) is 0 Å². The summed E-state index contributed by atoms with van der Waals surface area (Å²) >= 11 is 0. The van der Waals surface area contributed by atoms with Gasteiger partial charge in [-0.3, -0.25) is 0 Å². The molecule has 1 rings (SSSR count). The molecule has 2 heteroatoms. The molecule has 0 N–H and O–H groups in total. The Morgan fingerprint density at radius 2 is 1.92 bits per heavy atom. The maximum absolute atomic E-state index is 5.70. The fraction of sp³-hybridized carbons (Fsp3) is 0.565. The van der Waals surface area contributed by atoms with Gasteiger partial charge in [-0.05, 0) is 57.3 Å². The molecule has 0 aromatic carbocycles. The average molecular weight is 344 g/mol. The number of unbranched alkanes of at least 4 members (excludes halogenated alkanes) is 3. The number of rotatable bonds is 10. The smallest absolute Gasteiger partial charge is 0.118 e. The first-order chi connectivity index (χ1) is 11.8. The van der Waals surface area contributed by atoms with Crippen LogP contribution < -0.4 is 0 Å². The molecule has 1 saturated heterocycles. The zero-order valence-corrected chi connectivity index (χ0v) is 17.1. The molecule has 0 amide bonds. The van der Waals surface area contributed by atoms with Gasteiger partial charge in [0.25, 0.3) is 0 Å². The Morgan fingerprint density at radius 1 is 1.24 bits per heavy atom. The van der Waals surface area contributed by atoms with Gasteiger partial charge in [0.2, 0.25) is 0 Å². The third-order valence-corrected chi connectivity index (χ3v) is 4.95. The number of nitrogens with zero attached hydrogens (tertiary/aromatic N) is 1. The topological polar surface area (TPSA) is 12.5 Å². The SMILES string of the molecule is C=C1CC(C)N(C(=C)C(=CC(OC)=C(C)CCCCCC)C(=C)C)C1. The predicted molar refractivity (Wildman–Crippen MR) is 110 cm³/mol. The Morgan fingerprint density at radius 3 is 2.40 bits per heavy atom. The van der Waals surface area contributed by atoms with Crippen molar-refractivity contribution in [1.82, 2.24) is 4.90 Å². The molecule has 25 heavy (non-hydrogen) atoms. The number of ether oxygens (including phenoxy) is 1. The lowest BCUT2D eigenvalue weighted by molar-refractivity contribution is 0.299. The molecule has 0 aromatic rings. The van der Waals surface area contributed by atoms with E-state index in [0.29, 0.717) is 6.04 Å². The second-order valence-corrected chi connectivity index (χ2v) is 7.38. The van der Waals surface area contributed by atoms with Crippen LogP contribution in [0.2, 0.25) is 0 Å². The van der Waals surface area contributed by atoms with Crippen LogP contribution in [-0.2, 0) is 4.74 Å². The van der Waals surface area contributed by atoms with Crippen molar-refractivity contribution in [3.05, 3.63) is 59.6 Å². The molecule has 0 aromatic heterocycles. The van der Waals surface area contributed by atoms with E-state index in [4.69, 9.17) is 4.74 Å². The standard InChI is InChI=1S/C23H37NO/c1-9-10-11-12-13-19(5)23(25-8)15-22(17(2)3)21(7)24-16-18(4)14-20(24)6/h15,20H,2,4,7,9-14,16H2,1,3,5-6,8H3. The van der Waals surface area contributed by atoms with Gasteiger partial charge in [-0.2, -0.15) is 0 Å². The van der Waals surface area contributed by atoms with Gasteiger partial charge in [-0.15, -0.1) is 0 Å². The van der Waals surface area contributed by atoms with E-state index in [1.165, 1.54) is 36.8 Å². The number of hydrogen-bond acceptors (Lipinski definition) is 2. The van der Waals surface area contributed by atoms with Crippen LogP contribution in [0, 0.1) is 0 Å². The van der Waals surface area contributed by atoms with E-state index < -0.39 is 0 Å². The fourth-order valence-corrected chi connectivity index (χ4v) is 3.39. The minimum Gasteiger partial charge on any atom is -0.497 e. The molecule has 0 aliphatic carbocycles. The van der Waals surface area contributed by atoms with Crippen molar-refractivity contribution >= 4 is 0 Å². The molecular weight excluding hydrogens is 306 g/mol. The molecule has 1 aliphatic rings. The van der Waals surface area contributed by atoms with Crippen molar-refractivity contribution in [3.8, 4) is 0 Å². The summed E-state index contributed by atoms with van der Waals surface area (Å²) in [6.07, 6.45) is 9.29. The van der Waals surface area contributed by atoms with E-state index in [9.17, 15) is 0 Å². The fourth-order valence-electron chi connectivity index (χ4n) is 3.39. The van der Waals surface area contributed by atoms with E-state index in [1.807, 2.05) is 6.92 Å². The highest BCUT2D eigenvalue weighted by molar-refractivity contribution is 5.47. The quantitative estimate of drug-likeness (QED) is 0.193. The Kier molecular flexibility index (Phi) is 8.82. The van der Waals surface area contributed by atoms with Gasteiger partial charge >= 0.3 is 0 Å². The number of allylic oxidation sites excluding steroid dienone is 3. The average Bonchev–Trinajstić information content (AvgIpc) is 2.90. The van der Waals surface area contributed by atoms with E-state index in [2.05, 4.69) is 51.5 Å². The molecule has 140 valence electrons. The van der Waals surface area contributed by atoms with Crippen LogP contribution in [0.25, 0.3) is 0 Å². The first-order valence-electron chi connectivity index (χ1n) is 9.55. The maximum atomic E-state index is 5.70. The normalized spacial score (nSPS) is 19.1. The van der Waals surface area contributed by atoms with Crippen molar-refractivity contribution < 1.29 is 4.74 Å². The van der Waals surface area contributed by atoms with E-state index in [0.717, 1.165) is 42.0 Å². The number of hydrogen-bond donors (Lipinski definition) is 0. The molecule has 2 nitrogen and oxygen atoms in total. The third kappa shape index (κ3) is 6.26. The highest BCUT2D eigenvalue weighted by atomic mass is 16.5. The largest absolute Gasteiger partial charge is 0.497 e. The first-order valence-corrected chi connectivity index (χ1v) is 9.55. The third-order valence-electron chi connectivity index (χ3n) is 4.95. The van der Waals surface area contributed by atoms with Gasteiger partial charge in [0.1, 0.15) is 5.76 Å². The van der Waals surface area contributed by atoms with Crippen molar-refractivity contribution in [2.24, 2.45) is 0 Å². The second-order valence-electron chi connectivity index (χ2n) is 7.38. The van der Waals surface area contributed by atoms with E-state index >= 15 is 0 Å². The summed E-state index contributed by atoms with van der Waals surface area (Å²) in [7, 11) is 1.75. The van der Waals surface area contributed by atoms with Crippen molar-refractivity contribution in [2.45, 2.75) is 72.3 Å². The van der Waals surface area contributed by atoms with Crippen LogP contribution in [0.4, 0.5) is 0 Å².